The molecule has 1 unspecified atom stereocenters. The summed E-state index contributed by atoms with van der Waals surface area (Å²) in [7, 11) is 1.55. The van der Waals surface area contributed by atoms with Crippen molar-refractivity contribution in [2.24, 2.45) is 0 Å². The van der Waals surface area contributed by atoms with Crippen LogP contribution in [0.3, 0.4) is 0 Å². The second kappa shape index (κ2) is 33.2. The van der Waals surface area contributed by atoms with Crippen LogP contribution in [-0.4, -0.2) is 69.2 Å². The van der Waals surface area contributed by atoms with Gasteiger partial charge >= 0.3 is 0 Å². The molecular formula is C39H83N2O5P. The number of phosphoric ester groups is 1. The van der Waals surface area contributed by atoms with Gasteiger partial charge in [0.05, 0.1) is 39.9 Å². The van der Waals surface area contributed by atoms with Crippen LogP contribution in [0.1, 0.15) is 194 Å². The Kier molecular flexibility index (Phi) is 33.1. The van der Waals surface area contributed by atoms with Crippen LogP contribution >= 0.6 is 7.82 Å². The monoisotopic (exact) mass is 691 g/mol. The summed E-state index contributed by atoms with van der Waals surface area (Å²) in [5, 5.41) is 14.4. The predicted molar refractivity (Wildman–Crippen MR) is 201 cm³/mol. The Morgan fingerprint density at radius 1 is 0.596 bits per heavy atom. The third kappa shape index (κ3) is 35.6. The summed E-state index contributed by atoms with van der Waals surface area (Å²) in [5.41, 5.74) is 0. The minimum absolute atomic E-state index is 0.0862. The van der Waals surface area contributed by atoms with Gasteiger partial charge in [0, 0.05) is 0 Å². The molecule has 0 spiro atoms. The summed E-state index contributed by atoms with van der Waals surface area (Å²) in [5.74, 6) is 0. The summed E-state index contributed by atoms with van der Waals surface area (Å²) in [4.78, 5) is 12.4. The molecule has 0 fully saturated rings. The van der Waals surface area contributed by atoms with E-state index in [1.54, 1.807) is 0 Å². The number of likely N-dealkylation sites (N-methyl/N-ethyl adjacent to an activating group) is 1. The molecular weight excluding hydrogens is 607 g/mol. The Labute approximate surface area is 293 Å². The highest BCUT2D eigenvalue weighted by Crippen LogP contribution is 2.38. The lowest BCUT2D eigenvalue weighted by atomic mass is 10.0. The number of aliphatic hydroxyl groups is 1. The van der Waals surface area contributed by atoms with E-state index in [2.05, 4.69) is 19.2 Å². The zero-order valence-corrected chi connectivity index (χ0v) is 33.2. The van der Waals surface area contributed by atoms with Gasteiger partial charge in [0.1, 0.15) is 13.2 Å². The lowest BCUT2D eigenvalue weighted by Crippen LogP contribution is -2.44. The van der Waals surface area contributed by atoms with Crippen LogP contribution in [-0.2, 0) is 13.6 Å². The van der Waals surface area contributed by atoms with Gasteiger partial charge in [0.25, 0.3) is 7.82 Å². The van der Waals surface area contributed by atoms with Crippen molar-refractivity contribution in [3.05, 3.63) is 0 Å². The molecule has 2 N–H and O–H groups in total. The molecule has 47 heavy (non-hydrogen) atoms. The van der Waals surface area contributed by atoms with Crippen LogP contribution in [0.2, 0.25) is 0 Å². The van der Waals surface area contributed by atoms with Crippen molar-refractivity contribution in [1.82, 2.24) is 5.32 Å². The number of aliphatic hydroxyl groups excluding tert-OH is 1. The molecule has 0 aliphatic heterocycles. The average molecular weight is 691 g/mol. The fourth-order valence-corrected chi connectivity index (χ4v) is 6.84. The summed E-state index contributed by atoms with van der Waals surface area (Å²) in [6.07, 6.45) is 35.3. The van der Waals surface area contributed by atoms with E-state index in [-0.39, 0.29) is 13.2 Å². The first kappa shape index (κ1) is 47.0. The van der Waals surface area contributed by atoms with E-state index in [0.717, 1.165) is 32.2 Å². The van der Waals surface area contributed by atoms with Gasteiger partial charge in [-0.1, -0.05) is 181 Å². The largest absolute Gasteiger partial charge is 0.756 e. The van der Waals surface area contributed by atoms with Crippen molar-refractivity contribution in [2.75, 3.05) is 47.4 Å². The zero-order valence-electron chi connectivity index (χ0n) is 32.3. The Hall–Kier alpha value is -0.0100. The number of rotatable bonds is 38. The lowest BCUT2D eigenvalue weighted by molar-refractivity contribution is -0.870. The lowest BCUT2D eigenvalue weighted by Gasteiger charge is -2.30. The Morgan fingerprint density at radius 2 is 0.957 bits per heavy atom. The molecule has 0 saturated carbocycles. The average Bonchev–Trinajstić information content (AvgIpc) is 3.01. The van der Waals surface area contributed by atoms with Crippen LogP contribution in [0.5, 0.6) is 0 Å². The van der Waals surface area contributed by atoms with Gasteiger partial charge in [-0.05, 0) is 19.4 Å². The molecule has 0 heterocycles. The van der Waals surface area contributed by atoms with E-state index in [1.807, 2.05) is 21.1 Å². The van der Waals surface area contributed by atoms with Crippen LogP contribution < -0.4 is 10.2 Å². The van der Waals surface area contributed by atoms with Gasteiger partial charge in [-0.25, -0.2) is 0 Å². The van der Waals surface area contributed by atoms with Crippen LogP contribution in [0.4, 0.5) is 0 Å². The van der Waals surface area contributed by atoms with E-state index in [9.17, 15) is 14.6 Å². The molecule has 3 atom stereocenters. The Bertz CT molecular complexity index is 691. The Morgan fingerprint density at radius 3 is 1.34 bits per heavy atom. The van der Waals surface area contributed by atoms with E-state index in [0.29, 0.717) is 17.4 Å². The summed E-state index contributed by atoms with van der Waals surface area (Å²) < 4.78 is 23.4. The van der Waals surface area contributed by atoms with E-state index in [1.165, 1.54) is 148 Å². The van der Waals surface area contributed by atoms with Crippen molar-refractivity contribution in [2.45, 2.75) is 206 Å². The summed E-state index contributed by atoms with van der Waals surface area (Å²) in [6.45, 7) is 5.86. The minimum atomic E-state index is -4.42. The quantitative estimate of drug-likeness (QED) is 0.0381. The molecule has 0 saturated heterocycles. The van der Waals surface area contributed by atoms with Gasteiger partial charge in [-0.3, -0.25) is 4.57 Å². The molecule has 0 aromatic heterocycles. The van der Waals surface area contributed by atoms with E-state index in [4.69, 9.17) is 9.05 Å². The molecule has 0 bridgehead atoms. The van der Waals surface area contributed by atoms with Gasteiger partial charge in [-0.15, -0.1) is 0 Å². The normalized spacial score (nSPS) is 14.8. The van der Waals surface area contributed by atoms with E-state index < -0.39 is 20.0 Å². The molecule has 284 valence electrons. The van der Waals surface area contributed by atoms with Gasteiger partial charge in [0.15, 0.2) is 0 Å². The number of hydrogen-bond donors (Lipinski definition) is 2. The highest BCUT2D eigenvalue weighted by molar-refractivity contribution is 7.45. The molecule has 8 heteroatoms. The van der Waals surface area contributed by atoms with Gasteiger partial charge < -0.3 is 28.8 Å². The highest BCUT2D eigenvalue weighted by Gasteiger charge is 2.22. The fraction of sp³-hybridized carbons (Fsp3) is 1.00. The molecule has 0 aliphatic rings. The fourth-order valence-electron chi connectivity index (χ4n) is 6.12. The molecule has 0 rings (SSSR count). The third-order valence-electron chi connectivity index (χ3n) is 9.43. The number of nitrogens with one attached hydrogen (secondary N) is 1. The number of quaternary nitrogens is 1. The van der Waals surface area contributed by atoms with Gasteiger partial charge in [0.2, 0.25) is 0 Å². The zero-order chi connectivity index (χ0) is 34.9. The third-order valence-corrected chi connectivity index (χ3v) is 10.4. The van der Waals surface area contributed by atoms with Crippen molar-refractivity contribution >= 4 is 7.82 Å². The first-order valence-electron chi connectivity index (χ1n) is 20.4. The molecule has 0 aromatic carbocycles. The molecule has 0 radical (unpaired) electrons. The van der Waals surface area contributed by atoms with Crippen molar-refractivity contribution in [3.63, 3.8) is 0 Å². The highest BCUT2D eigenvalue weighted by atomic mass is 31.2. The van der Waals surface area contributed by atoms with E-state index >= 15 is 0 Å². The number of phosphoric acid groups is 1. The minimum Gasteiger partial charge on any atom is -0.756 e. The second-order valence-corrected chi connectivity index (χ2v) is 16.8. The smallest absolute Gasteiger partial charge is 0.268 e. The SMILES string of the molecule is CCCCCCCCCCCCCCCCN[C@H](COP(=O)([O-])OCC[N+](C)(C)C)[C@@H](O)CCCCCCCCCCCCCCC. The van der Waals surface area contributed by atoms with Gasteiger partial charge in [-0.2, -0.15) is 0 Å². The van der Waals surface area contributed by atoms with Crippen molar-refractivity contribution in [1.29, 1.82) is 0 Å². The maximum Gasteiger partial charge on any atom is 0.268 e. The predicted octanol–water partition coefficient (Wildman–Crippen LogP) is 10.5. The maximum absolute atomic E-state index is 12.4. The molecule has 0 amide bonds. The summed E-state index contributed by atoms with van der Waals surface area (Å²) in [6, 6.07) is -0.418. The number of hydrogen-bond acceptors (Lipinski definition) is 6. The number of nitrogens with zero attached hydrogens (tertiary/aromatic N) is 1. The van der Waals surface area contributed by atoms with Crippen LogP contribution in [0.25, 0.3) is 0 Å². The molecule has 0 aromatic rings. The molecule has 7 nitrogen and oxygen atoms in total. The van der Waals surface area contributed by atoms with Crippen LogP contribution in [0, 0.1) is 0 Å². The topological polar surface area (TPSA) is 90.9 Å². The standard InChI is InChI=1S/C39H83N2O5P/c1-6-8-10-12-14-16-18-20-22-24-26-28-30-32-34-40-38(37-46-47(43,44)45-36-35-41(3,4)5)39(42)33-31-29-27-25-23-21-19-17-15-13-11-9-7-2/h38-40,42H,6-37H2,1-5H3/t38-,39+/m1/s1. The maximum atomic E-state index is 12.4. The first-order valence-corrected chi connectivity index (χ1v) is 21.9. The first-order chi connectivity index (χ1) is 22.6. The summed E-state index contributed by atoms with van der Waals surface area (Å²) >= 11 is 0. The number of unbranched alkanes of at least 4 members (excludes halogenated alkanes) is 25. The Balaban J connectivity index is 4.26. The van der Waals surface area contributed by atoms with Crippen molar-refractivity contribution < 1.29 is 28.1 Å². The second-order valence-electron chi connectivity index (χ2n) is 15.3. The molecule has 0 aliphatic carbocycles. The van der Waals surface area contributed by atoms with Crippen LogP contribution in [0.15, 0.2) is 0 Å². The van der Waals surface area contributed by atoms with Crippen molar-refractivity contribution in [3.8, 4) is 0 Å².